The molecule has 2 atom stereocenters. The third-order valence-corrected chi connectivity index (χ3v) is 6.62. The van der Waals surface area contributed by atoms with Crippen LogP contribution in [0.15, 0.2) is 47.5 Å². The number of benzene rings is 1. The predicted octanol–water partition coefficient (Wildman–Crippen LogP) is 1.85. The standard InChI is InChI=1S/C22H30N4O4S/c1-16-14-26(15-17(2)30-16)21-10-6-19(12-24-21)13-25-22(27)11-7-18-4-8-20(9-5-18)31(28,29)23-3/h4-6,8-10,12,16-17,23H,7,11,13-15H2,1-3H3,(H,25,27). The van der Waals surface area contributed by atoms with E-state index in [1.54, 1.807) is 30.5 Å². The van der Waals surface area contributed by atoms with Gasteiger partial charge in [-0.1, -0.05) is 18.2 Å². The molecule has 168 valence electrons. The number of morpholine rings is 1. The normalized spacial score (nSPS) is 19.3. The van der Waals surface area contributed by atoms with Crippen LogP contribution in [0.3, 0.4) is 0 Å². The monoisotopic (exact) mass is 446 g/mol. The number of ether oxygens (including phenoxy) is 1. The molecule has 0 saturated carbocycles. The van der Waals surface area contributed by atoms with E-state index in [-0.39, 0.29) is 23.0 Å². The van der Waals surface area contributed by atoms with Crippen molar-refractivity contribution in [3.63, 3.8) is 0 Å². The van der Waals surface area contributed by atoms with Crippen LogP contribution in [0.1, 0.15) is 31.4 Å². The number of carbonyl (C=O) groups is 1. The Hall–Kier alpha value is -2.49. The van der Waals surface area contributed by atoms with Gasteiger partial charge in [0.25, 0.3) is 0 Å². The Labute approximate surface area is 184 Å². The van der Waals surface area contributed by atoms with Crippen LogP contribution in [0.4, 0.5) is 5.82 Å². The van der Waals surface area contributed by atoms with Crippen LogP contribution in [0.5, 0.6) is 0 Å². The zero-order valence-electron chi connectivity index (χ0n) is 18.2. The summed E-state index contributed by atoms with van der Waals surface area (Å²) in [6, 6.07) is 10.5. The number of aromatic nitrogens is 1. The molecular weight excluding hydrogens is 416 g/mol. The molecule has 9 heteroatoms. The average Bonchev–Trinajstić information content (AvgIpc) is 2.76. The minimum Gasteiger partial charge on any atom is -0.372 e. The Morgan fingerprint density at radius 2 is 1.74 bits per heavy atom. The fourth-order valence-corrected chi connectivity index (χ4v) is 4.30. The summed E-state index contributed by atoms with van der Waals surface area (Å²) in [5, 5.41) is 2.91. The van der Waals surface area contributed by atoms with E-state index in [9.17, 15) is 13.2 Å². The Morgan fingerprint density at radius 1 is 1.10 bits per heavy atom. The number of hydrogen-bond donors (Lipinski definition) is 2. The first-order chi connectivity index (χ1) is 14.8. The van der Waals surface area contributed by atoms with E-state index in [1.807, 2.05) is 12.1 Å². The minimum atomic E-state index is -3.45. The Kier molecular flexibility index (Phi) is 7.64. The van der Waals surface area contributed by atoms with Crippen LogP contribution in [-0.4, -0.2) is 51.7 Å². The molecule has 0 aliphatic carbocycles. The van der Waals surface area contributed by atoms with Gasteiger partial charge in [-0.15, -0.1) is 0 Å². The summed E-state index contributed by atoms with van der Waals surface area (Å²) in [6.07, 6.45) is 3.01. The molecule has 31 heavy (non-hydrogen) atoms. The smallest absolute Gasteiger partial charge is 0.240 e. The Morgan fingerprint density at radius 3 is 2.32 bits per heavy atom. The third kappa shape index (κ3) is 6.49. The second kappa shape index (κ2) is 10.2. The van der Waals surface area contributed by atoms with Crippen LogP contribution in [0.25, 0.3) is 0 Å². The second-order valence-corrected chi connectivity index (χ2v) is 9.70. The highest BCUT2D eigenvalue weighted by Crippen LogP contribution is 2.18. The number of hydrogen-bond acceptors (Lipinski definition) is 6. The highest BCUT2D eigenvalue weighted by Gasteiger charge is 2.23. The Bertz CT molecular complexity index is 968. The molecule has 8 nitrogen and oxygen atoms in total. The lowest BCUT2D eigenvalue weighted by atomic mass is 10.1. The number of carbonyl (C=O) groups excluding carboxylic acids is 1. The summed E-state index contributed by atoms with van der Waals surface area (Å²) in [4.78, 5) is 19.2. The van der Waals surface area contributed by atoms with E-state index < -0.39 is 10.0 Å². The van der Waals surface area contributed by atoms with E-state index in [4.69, 9.17) is 4.74 Å². The fraction of sp³-hybridized carbons (Fsp3) is 0.455. The van der Waals surface area contributed by atoms with Crippen LogP contribution in [0, 0.1) is 0 Å². The van der Waals surface area contributed by atoms with E-state index in [0.29, 0.717) is 19.4 Å². The van der Waals surface area contributed by atoms with Gasteiger partial charge in [-0.25, -0.2) is 18.1 Å². The minimum absolute atomic E-state index is 0.0631. The maximum absolute atomic E-state index is 12.2. The van der Waals surface area contributed by atoms with Crippen molar-refractivity contribution in [2.45, 2.75) is 50.3 Å². The van der Waals surface area contributed by atoms with Crippen LogP contribution >= 0.6 is 0 Å². The summed E-state index contributed by atoms with van der Waals surface area (Å²) in [7, 11) is -2.07. The summed E-state index contributed by atoms with van der Waals surface area (Å²) in [6.45, 7) is 6.17. The van der Waals surface area contributed by atoms with Gasteiger partial charge in [0.15, 0.2) is 0 Å². The van der Waals surface area contributed by atoms with Crippen LogP contribution in [0.2, 0.25) is 0 Å². The van der Waals surface area contributed by atoms with Crippen molar-refractivity contribution in [3.05, 3.63) is 53.7 Å². The van der Waals surface area contributed by atoms with Crippen molar-refractivity contribution in [1.82, 2.24) is 15.0 Å². The van der Waals surface area contributed by atoms with Gasteiger partial charge in [-0.3, -0.25) is 4.79 Å². The predicted molar refractivity (Wildman–Crippen MR) is 119 cm³/mol. The van der Waals surface area contributed by atoms with Crippen molar-refractivity contribution in [3.8, 4) is 0 Å². The molecular formula is C22H30N4O4S. The van der Waals surface area contributed by atoms with Gasteiger partial charge in [0, 0.05) is 32.3 Å². The number of nitrogens with one attached hydrogen (secondary N) is 2. The zero-order valence-corrected chi connectivity index (χ0v) is 19.0. The van der Waals surface area contributed by atoms with Crippen molar-refractivity contribution in [2.75, 3.05) is 25.0 Å². The van der Waals surface area contributed by atoms with Gasteiger partial charge in [-0.2, -0.15) is 0 Å². The summed E-state index contributed by atoms with van der Waals surface area (Å²) in [5.74, 6) is 0.854. The lowest BCUT2D eigenvalue weighted by Gasteiger charge is -2.36. The largest absolute Gasteiger partial charge is 0.372 e. The number of rotatable bonds is 8. The van der Waals surface area contributed by atoms with E-state index >= 15 is 0 Å². The molecule has 3 rings (SSSR count). The fourth-order valence-electron chi connectivity index (χ4n) is 3.57. The maximum Gasteiger partial charge on any atom is 0.240 e. The summed E-state index contributed by atoms with van der Waals surface area (Å²) >= 11 is 0. The van der Waals surface area contributed by atoms with Gasteiger partial charge in [0.2, 0.25) is 15.9 Å². The SMILES string of the molecule is CNS(=O)(=O)c1ccc(CCC(=O)NCc2ccc(N3CC(C)OC(C)C3)nc2)cc1. The van der Waals surface area contributed by atoms with Crippen LogP contribution < -0.4 is 14.9 Å². The number of aryl methyl sites for hydroxylation is 1. The van der Waals surface area contributed by atoms with Gasteiger partial charge >= 0.3 is 0 Å². The summed E-state index contributed by atoms with van der Waals surface area (Å²) < 4.78 is 31.5. The van der Waals surface area contributed by atoms with Gasteiger partial charge in [0.05, 0.1) is 17.1 Å². The maximum atomic E-state index is 12.2. The quantitative estimate of drug-likeness (QED) is 0.642. The van der Waals surface area contributed by atoms with E-state index in [1.165, 1.54) is 7.05 Å². The molecule has 2 heterocycles. The van der Waals surface area contributed by atoms with Crippen molar-refractivity contribution < 1.29 is 17.9 Å². The number of amides is 1. The lowest BCUT2D eigenvalue weighted by molar-refractivity contribution is -0.121. The topological polar surface area (TPSA) is 101 Å². The molecule has 1 aliphatic heterocycles. The lowest BCUT2D eigenvalue weighted by Crippen LogP contribution is -2.45. The molecule has 1 amide bonds. The van der Waals surface area contributed by atoms with Gasteiger partial charge < -0.3 is 15.0 Å². The number of pyridine rings is 1. The number of sulfonamides is 1. The molecule has 2 N–H and O–H groups in total. The van der Waals surface area contributed by atoms with E-state index in [2.05, 4.69) is 33.8 Å². The third-order valence-electron chi connectivity index (χ3n) is 5.19. The van der Waals surface area contributed by atoms with Crippen molar-refractivity contribution in [1.29, 1.82) is 0 Å². The first kappa shape index (κ1) is 23.2. The van der Waals surface area contributed by atoms with Gasteiger partial charge in [-0.05, 0) is 56.6 Å². The molecule has 2 unspecified atom stereocenters. The van der Waals surface area contributed by atoms with Gasteiger partial charge in [0.1, 0.15) is 5.82 Å². The summed E-state index contributed by atoms with van der Waals surface area (Å²) in [5.41, 5.74) is 1.85. The van der Waals surface area contributed by atoms with Crippen molar-refractivity contribution in [2.24, 2.45) is 0 Å². The average molecular weight is 447 g/mol. The molecule has 2 aromatic rings. The molecule has 0 spiro atoms. The first-order valence-electron chi connectivity index (χ1n) is 10.4. The first-order valence-corrected chi connectivity index (χ1v) is 11.9. The van der Waals surface area contributed by atoms with Crippen LogP contribution in [-0.2, 0) is 32.5 Å². The van der Waals surface area contributed by atoms with E-state index in [0.717, 1.165) is 30.0 Å². The zero-order chi connectivity index (χ0) is 22.4. The number of nitrogens with zero attached hydrogens (tertiary/aromatic N) is 2. The Balaban J connectivity index is 1.45. The highest BCUT2D eigenvalue weighted by molar-refractivity contribution is 7.89. The molecule has 0 bridgehead atoms. The molecule has 0 radical (unpaired) electrons. The molecule has 1 fully saturated rings. The molecule has 1 aliphatic rings. The number of anilines is 1. The molecule has 1 aromatic heterocycles. The molecule has 1 aromatic carbocycles. The highest BCUT2D eigenvalue weighted by atomic mass is 32.2. The second-order valence-electron chi connectivity index (χ2n) is 7.82. The molecule has 1 saturated heterocycles. The van der Waals surface area contributed by atoms with Crippen molar-refractivity contribution >= 4 is 21.7 Å².